The average Bonchev–Trinajstić information content (AvgIpc) is 2.89. The minimum Gasteiger partial charge on any atom is -0.497 e. The number of benzene rings is 2. The van der Waals surface area contributed by atoms with Crippen molar-refractivity contribution >= 4 is 27.5 Å². The van der Waals surface area contributed by atoms with E-state index in [1.165, 1.54) is 23.5 Å². The number of para-hydroxylation sites is 1. The molecule has 1 N–H and O–H groups in total. The number of carbonyl (C=O) groups excluding carboxylic acids is 2. The molecule has 0 saturated carbocycles. The highest BCUT2D eigenvalue weighted by Crippen LogP contribution is 2.27. The number of morpholine rings is 1. The van der Waals surface area contributed by atoms with Crippen molar-refractivity contribution in [2.75, 3.05) is 51.8 Å². The van der Waals surface area contributed by atoms with Crippen molar-refractivity contribution in [1.29, 1.82) is 0 Å². The van der Waals surface area contributed by atoms with Crippen molar-refractivity contribution in [2.24, 2.45) is 5.92 Å². The second kappa shape index (κ2) is 10.5. The molecule has 0 spiro atoms. The zero-order valence-electron chi connectivity index (χ0n) is 19.1. The van der Waals surface area contributed by atoms with Gasteiger partial charge in [0.05, 0.1) is 42.4 Å². The molecular weight excluding hydrogens is 458 g/mol. The van der Waals surface area contributed by atoms with E-state index in [9.17, 15) is 18.0 Å². The minimum absolute atomic E-state index is 0.0831. The third-order valence-electron chi connectivity index (χ3n) is 6.17. The largest absolute Gasteiger partial charge is 0.497 e. The molecule has 9 nitrogen and oxygen atoms in total. The van der Waals surface area contributed by atoms with Crippen LogP contribution in [0.25, 0.3) is 0 Å². The first-order valence-corrected chi connectivity index (χ1v) is 12.8. The Kier molecular flexibility index (Phi) is 7.50. The smallest absolute Gasteiger partial charge is 0.256 e. The first-order valence-electron chi connectivity index (χ1n) is 11.3. The molecule has 0 radical (unpaired) electrons. The number of nitrogens with one attached hydrogen (secondary N) is 1. The standard InChI is InChI=1S/C24H29N3O6S/c1-32-19-8-10-20(11-9-19)34(30,31)27-12-4-5-18(17-27)23(28)25-22-7-3-2-6-21(22)24(29)26-13-15-33-16-14-26/h2-3,6-11,18H,4-5,12-17H2,1H3,(H,25,28)/t18-/m0/s1. The molecule has 0 aromatic heterocycles. The number of anilines is 1. The summed E-state index contributed by atoms with van der Waals surface area (Å²) in [5, 5.41) is 2.87. The maximum Gasteiger partial charge on any atom is 0.256 e. The van der Waals surface area contributed by atoms with Gasteiger partial charge < -0.3 is 19.7 Å². The predicted octanol–water partition coefficient (Wildman–Crippen LogP) is 2.21. The SMILES string of the molecule is COc1ccc(S(=O)(=O)N2CCC[C@H](C(=O)Nc3ccccc3C(=O)N3CCOCC3)C2)cc1. The van der Waals surface area contributed by atoms with Crippen LogP contribution in [0.1, 0.15) is 23.2 Å². The van der Waals surface area contributed by atoms with E-state index in [1.807, 2.05) is 0 Å². The molecule has 2 aliphatic heterocycles. The summed E-state index contributed by atoms with van der Waals surface area (Å²) in [7, 11) is -2.22. The fourth-order valence-corrected chi connectivity index (χ4v) is 5.75. The molecule has 182 valence electrons. The van der Waals surface area contributed by atoms with Gasteiger partial charge in [-0.1, -0.05) is 12.1 Å². The molecule has 10 heteroatoms. The number of hydrogen-bond donors (Lipinski definition) is 1. The molecule has 2 aromatic rings. The Hall–Kier alpha value is -2.95. The molecule has 2 fully saturated rings. The third kappa shape index (κ3) is 5.24. The van der Waals surface area contributed by atoms with Gasteiger partial charge in [0.2, 0.25) is 15.9 Å². The maximum absolute atomic E-state index is 13.1. The molecule has 4 rings (SSSR count). The third-order valence-corrected chi connectivity index (χ3v) is 8.05. The molecule has 2 aliphatic rings. The second-order valence-corrected chi connectivity index (χ2v) is 10.3. The fraction of sp³-hybridized carbons (Fsp3) is 0.417. The van der Waals surface area contributed by atoms with Gasteiger partial charge in [0.15, 0.2) is 0 Å². The van der Waals surface area contributed by atoms with Gasteiger partial charge in [-0.15, -0.1) is 0 Å². The minimum atomic E-state index is -3.74. The van der Waals surface area contributed by atoms with E-state index in [2.05, 4.69) is 5.32 Å². The van der Waals surface area contributed by atoms with Crippen LogP contribution in [-0.4, -0.2) is 75.9 Å². The number of nitrogens with zero attached hydrogens (tertiary/aromatic N) is 2. The summed E-state index contributed by atoms with van der Waals surface area (Å²) in [6.07, 6.45) is 1.14. The van der Waals surface area contributed by atoms with Gasteiger partial charge >= 0.3 is 0 Å². The van der Waals surface area contributed by atoms with Gasteiger partial charge in [0.25, 0.3) is 5.91 Å². The van der Waals surface area contributed by atoms with Crippen LogP contribution in [0.5, 0.6) is 5.75 Å². The lowest BCUT2D eigenvalue weighted by Gasteiger charge is -2.31. The van der Waals surface area contributed by atoms with Crippen LogP contribution in [0.4, 0.5) is 5.69 Å². The molecule has 2 saturated heterocycles. The van der Waals surface area contributed by atoms with Crippen LogP contribution < -0.4 is 10.1 Å². The van der Waals surface area contributed by atoms with Crippen molar-refractivity contribution in [3.8, 4) is 5.75 Å². The lowest BCUT2D eigenvalue weighted by Crippen LogP contribution is -2.44. The number of piperidine rings is 1. The normalized spacial score (nSPS) is 19.4. The number of ether oxygens (including phenoxy) is 2. The summed E-state index contributed by atoms with van der Waals surface area (Å²) in [6.45, 7) is 2.41. The Morgan fingerprint density at radius 3 is 2.44 bits per heavy atom. The van der Waals surface area contributed by atoms with Crippen LogP contribution in [-0.2, 0) is 19.6 Å². The first-order chi connectivity index (χ1) is 16.4. The quantitative estimate of drug-likeness (QED) is 0.670. The van der Waals surface area contributed by atoms with Crippen LogP contribution in [0.3, 0.4) is 0 Å². The van der Waals surface area contributed by atoms with Crippen molar-refractivity contribution in [3.63, 3.8) is 0 Å². The molecule has 1 atom stereocenters. The summed E-state index contributed by atoms with van der Waals surface area (Å²) in [5.41, 5.74) is 0.843. The molecule has 0 aliphatic carbocycles. The van der Waals surface area contributed by atoms with E-state index in [4.69, 9.17) is 9.47 Å². The lowest BCUT2D eigenvalue weighted by atomic mass is 9.98. The van der Waals surface area contributed by atoms with Crippen molar-refractivity contribution < 1.29 is 27.5 Å². The average molecular weight is 488 g/mol. The van der Waals surface area contributed by atoms with Crippen molar-refractivity contribution in [1.82, 2.24) is 9.21 Å². The summed E-state index contributed by atoms with van der Waals surface area (Å²) in [6, 6.07) is 13.1. The summed E-state index contributed by atoms with van der Waals surface area (Å²) in [4.78, 5) is 28.0. The molecule has 2 heterocycles. The van der Waals surface area contributed by atoms with Gasteiger partial charge in [0.1, 0.15) is 5.75 Å². The van der Waals surface area contributed by atoms with Gasteiger partial charge in [-0.3, -0.25) is 9.59 Å². The first kappa shape index (κ1) is 24.2. The number of rotatable bonds is 6. The summed E-state index contributed by atoms with van der Waals surface area (Å²) in [5.74, 6) is -0.406. The second-order valence-electron chi connectivity index (χ2n) is 8.32. The highest BCUT2D eigenvalue weighted by molar-refractivity contribution is 7.89. The summed E-state index contributed by atoms with van der Waals surface area (Å²) < 4.78 is 38.0. The zero-order chi connectivity index (χ0) is 24.1. The van der Waals surface area contributed by atoms with Crippen molar-refractivity contribution in [3.05, 3.63) is 54.1 Å². The molecule has 2 aromatic carbocycles. The molecular formula is C24H29N3O6S. The van der Waals surface area contributed by atoms with E-state index < -0.39 is 15.9 Å². The number of methoxy groups -OCH3 is 1. The highest BCUT2D eigenvalue weighted by Gasteiger charge is 2.34. The van der Waals surface area contributed by atoms with E-state index in [0.717, 1.165) is 0 Å². The van der Waals surface area contributed by atoms with E-state index in [1.54, 1.807) is 41.3 Å². The van der Waals surface area contributed by atoms with Gasteiger partial charge in [-0.2, -0.15) is 4.31 Å². The topological polar surface area (TPSA) is 105 Å². The number of sulfonamides is 1. The van der Waals surface area contributed by atoms with Crippen LogP contribution in [0.2, 0.25) is 0 Å². The highest BCUT2D eigenvalue weighted by atomic mass is 32.2. The Morgan fingerprint density at radius 2 is 1.74 bits per heavy atom. The lowest BCUT2D eigenvalue weighted by molar-refractivity contribution is -0.120. The van der Waals surface area contributed by atoms with Crippen molar-refractivity contribution in [2.45, 2.75) is 17.7 Å². The van der Waals surface area contributed by atoms with Gasteiger partial charge in [0, 0.05) is 26.2 Å². The molecule has 0 bridgehead atoms. The van der Waals surface area contributed by atoms with E-state index in [-0.39, 0.29) is 23.3 Å². The summed E-state index contributed by atoms with van der Waals surface area (Å²) >= 11 is 0. The number of hydrogen-bond acceptors (Lipinski definition) is 6. The zero-order valence-corrected chi connectivity index (χ0v) is 19.9. The maximum atomic E-state index is 13.1. The number of amides is 2. The number of carbonyl (C=O) groups is 2. The van der Waals surface area contributed by atoms with E-state index >= 15 is 0 Å². The Bertz CT molecular complexity index is 1130. The molecule has 34 heavy (non-hydrogen) atoms. The van der Waals surface area contributed by atoms with Crippen LogP contribution in [0.15, 0.2) is 53.4 Å². The Morgan fingerprint density at radius 1 is 1.03 bits per heavy atom. The molecule has 2 amide bonds. The Balaban J connectivity index is 1.46. The molecule has 0 unspecified atom stereocenters. The van der Waals surface area contributed by atoms with Crippen LogP contribution >= 0.6 is 0 Å². The van der Waals surface area contributed by atoms with Gasteiger partial charge in [-0.25, -0.2) is 8.42 Å². The fourth-order valence-electron chi connectivity index (χ4n) is 4.22. The van der Waals surface area contributed by atoms with Crippen LogP contribution in [0, 0.1) is 5.92 Å². The Labute approximate surface area is 199 Å². The monoisotopic (exact) mass is 487 g/mol. The van der Waals surface area contributed by atoms with Gasteiger partial charge in [-0.05, 0) is 49.2 Å². The predicted molar refractivity (Wildman–Crippen MR) is 126 cm³/mol. The van der Waals surface area contributed by atoms with E-state index in [0.29, 0.717) is 62.7 Å².